The summed E-state index contributed by atoms with van der Waals surface area (Å²) in [5, 5.41) is 7.22. The average Bonchev–Trinajstić information content (AvgIpc) is 3.28. The molecule has 2 saturated heterocycles. The van der Waals surface area contributed by atoms with Crippen molar-refractivity contribution in [3.8, 4) is 0 Å². The molecule has 0 bridgehead atoms. The number of nitrogens with one attached hydrogen (secondary N) is 2. The van der Waals surface area contributed by atoms with Crippen LogP contribution in [0.15, 0.2) is 142 Å². The standard InChI is InChI=1S/C44H41N13/c1-7-19-55(20-8-1)31-13-15-34(36(23-31)49-40-11-3-5-17-47-40)38-25-33-26-39(52-44-54-42(30-27-45-29-46-28-30)53-43(51-38)57(33)44)35-16-14-32(56-21-9-2-10-22-56)24-37(35)50-41-12-4-6-18-48-41/h3-6,11-18,23-29H,1-2,7-10,19-22H2,(H,47,49)(H,48,50). The SMILES string of the molecule is C1=C(c2ccc(N3CCCCC3)cc2Nc2ccccn2)N=C2N=C(c3cncnc3)N=C3N=C(c4ccc(N5CCCCC5)cc4Nc4ccccn4)C=C1N23. The van der Waals surface area contributed by atoms with E-state index in [1.54, 1.807) is 24.8 Å². The molecule has 0 atom stereocenters. The Hall–Kier alpha value is -7.02. The number of pyridine rings is 2. The lowest BCUT2D eigenvalue weighted by atomic mass is 10.0. The zero-order chi connectivity index (χ0) is 38.0. The number of hydrogen-bond donors (Lipinski definition) is 2. The van der Waals surface area contributed by atoms with E-state index in [0.29, 0.717) is 23.3 Å². The predicted octanol–water partition coefficient (Wildman–Crippen LogP) is 7.95. The minimum atomic E-state index is 0.436. The molecule has 2 aromatic carbocycles. The second-order valence-electron chi connectivity index (χ2n) is 14.6. The van der Waals surface area contributed by atoms with Gasteiger partial charge in [-0.15, -0.1) is 0 Å². The van der Waals surface area contributed by atoms with Crippen LogP contribution >= 0.6 is 0 Å². The lowest BCUT2D eigenvalue weighted by Gasteiger charge is -2.33. The van der Waals surface area contributed by atoms with Crippen molar-refractivity contribution in [2.24, 2.45) is 20.0 Å². The molecule has 13 heteroatoms. The van der Waals surface area contributed by atoms with Crippen molar-refractivity contribution in [3.05, 3.63) is 138 Å². The highest BCUT2D eigenvalue weighted by atomic mass is 15.4. The van der Waals surface area contributed by atoms with E-state index in [0.717, 1.165) is 77.4 Å². The second-order valence-corrected chi connectivity index (χ2v) is 14.6. The number of piperidine rings is 2. The van der Waals surface area contributed by atoms with Crippen molar-refractivity contribution >= 4 is 63.5 Å². The molecule has 0 aliphatic carbocycles. The maximum Gasteiger partial charge on any atom is 0.239 e. The second kappa shape index (κ2) is 15.3. The van der Waals surface area contributed by atoms with E-state index in [-0.39, 0.29) is 0 Å². The third-order valence-corrected chi connectivity index (χ3v) is 10.8. The number of aromatic nitrogens is 4. The molecule has 5 aromatic rings. The van der Waals surface area contributed by atoms with Crippen LogP contribution in [0.25, 0.3) is 5.70 Å². The maximum atomic E-state index is 5.20. The molecule has 0 spiro atoms. The first-order valence-electron chi connectivity index (χ1n) is 19.7. The fraction of sp³-hybridized carbons (Fsp3) is 0.227. The zero-order valence-corrected chi connectivity index (χ0v) is 31.5. The fourth-order valence-electron chi connectivity index (χ4n) is 7.90. The van der Waals surface area contributed by atoms with Crippen LogP contribution in [0, 0.1) is 0 Å². The van der Waals surface area contributed by atoms with Gasteiger partial charge in [0.25, 0.3) is 0 Å². The van der Waals surface area contributed by atoms with Gasteiger partial charge in [-0.2, -0.15) is 9.98 Å². The van der Waals surface area contributed by atoms with Crippen LogP contribution in [0.1, 0.15) is 55.2 Å². The molecule has 8 heterocycles. The van der Waals surface area contributed by atoms with Gasteiger partial charge < -0.3 is 20.4 Å². The topological polar surface area (TPSA) is 135 Å². The summed E-state index contributed by atoms with van der Waals surface area (Å²) in [6.07, 6.45) is 20.0. The third-order valence-electron chi connectivity index (χ3n) is 10.8. The number of hydrogen-bond acceptors (Lipinski definition) is 13. The van der Waals surface area contributed by atoms with Crippen LogP contribution in [0.3, 0.4) is 0 Å². The predicted molar refractivity (Wildman–Crippen MR) is 228 cm³/mol. The van der Waals surface area contributed by atoms with E-state index in [9.17, 15) is 0 Å². The Kier molecular flexibility index (Phi) is 9.22. The van der Waals surface area contributed by atoms with E-state index >= 15 is 0 Å². The maximum absolute atomic E-state index is 5.20. The lowest BCUT2D eigenvalue weighted by Crippen LogP contribution is -2.42. The highest BCUT2D eigenvalue weighted by Crippen LogP contribution is 2.38. The van der Waals surface area contributed by atoms with Gasteiger partial charge >= 0.3 is 0 Å². The summed E-state index contributed by atoms with van der Waals surface area (Å²) in [4.78, 5) is 44.9. The number of rotatable bonds is 9. The van der Waals surface area contributed by atoms with E-state index in [1.165, 1.54) is 56.2 Å². The molecule has 0 radical (unpaired) electrons. The van der Waals surface area contributed by atoms with Gasteiger partial charge in [0.05, 0.1) is 34.0 Å². The van der Waals surface area contributed by atoms with Crippen molar-refractivity contribution in [1.29, 1.82) is 0 Å². The van der Waals surface area contributed by atoms with Gasteiger partial charge in [0.2, 0.25) is 11.9 Å². The number of allylic oxidation sites excluding steroid dienone is 2. The van der Waals surface area contributed by atoms with Gasteiger partial charge in [-0.05, 0) is 111 Å². The summed E-state index contributed by atoms with van der Waals surface area (Å²) in [6, 6.07) is 24.9. The van der Waals surface area contributed by atoms with Crippen LogP contribution < -0.4 is 20.4 Å². The van der Waals surface area contributed by atoms with Crippen LogP contribution in [-0.4, -0.2) is 74.5 Å². The van der Waals surface area contributed by atoms with Gasteiger partial charge in [0.1, 0.15) is 18.0 Å². The third kappa shape index (κ3) is 7.15. The Morgan fingerprint density at radius 1 is 0.544 bits per heavy atom. The molecule has 0 saturated carbocycles. The Bertz CT molecular complexity index is 2370. The lowest BCUT2D eigenvalue weighted by molar-refractivity contribution is 0.578. The molecule has 282 valence electrons. The van der Waals surface area contributed by atoms with Crippen molar-refractivity contribution < 1.29 is 0 Å². The fourth-order valence-corrected chi connectivity index (χ4v) is 7.90. The summed E-state index contributed by atoms with van der Waals surface area (Å²) in [7, 11) is 0. The van der Waals surface area contributed by atoms with E-state index in [2.05, 4.69) is 88.9 Å². The molecule has 57 heavy (non-hydrogen) atoms. The highest BCUT2D eigenvalue weighted by molar-refractivity contribution is 6.27. The van der Waals surface area contributed by atoms with Crippen molar-refractivity contribution in [3.63, 3.8) is 0 Å². The van der Waals surface area contributed by atoms with Crippen LogP contribution in [-0.2, 0) is 0 Å². The minimum absolute atomic E-state index is 0.436. The molecular formula is C44H41N13. The molecular weight excluding hydrogens is 711 g/mol. The van der Waals surface area contributed by atoms with Crippen LogP contribution in [0.5, 0.6) is 0 Å². The first-order valence-corrected chi connectivity index (χ1v) is 19.7. The van der Waals surface area contributed by atoms with Gasteiger partial charge in [-0.3, -0.25) is 0 Å². The normalized spacial score (nSPS) is 17.6. The summed E-state index contributed by atoms with van der Waals surface area (Å²) in [5.41, 5.74) is 9.02. The molecule has 5 aliphatic heterocycles. The number of guanidine groups is 2. The smallest absolute Gasteiger partial charge is 0.239 e. The van der Waals surface area contributed by atoms with Gasteiger partial charge in [-0.1, -0.05) is 12.1 Å². The number of anilines is 6. The minimum Gasteiger partial charge on any atom is -0.371 e. The largest absolute Gasteiger partial charge is 0.371 e. The monoisotopic (exact) mass is 751 g/mol. The Labute approximate surface area is 331 Å². The first kappa shape index (κ1) is 34.5. The Balaban J connectivity index is 1.11. The molecule has 0 unspecified atom stereocenters. The number of aliphatic imine (C=N–C) groups is 4. The summed E-state index contributed by atoms with van der Waals surface area (Å²) in [6.45, 7) is 4.15. The highest BCUT2D eigenvalue weighted by Gasteiger charge is 2.34. The zero-order valence-electron chi connectivity index (χ0n) is 31.5. The molecule has 5 aliphatic rings. The number of benzene rings is 2. The number of amidine groups is 1. The van der Waals surface area contributed by atoms with Gasteiger partial charge in [-0.25, -0.2) is 34.8 Å². The molecule has 3 aromatic heterocycles. The van der Waals surface area contributed by atoms with E-state index in [1.807, 2.05) is 41.3 Å². The molecule has 2 fully saturated rings. The first-order chi connectivity index (χ1) is 28.2. The van der Waals surface area contributed by atoms with Crippen molar-refractivity contribution in [2.45, 2.75) is 38.5 Å². The average molecular weight is 752 g/mol. The number of nitrogens with zero attached hydrogens (tertiary/aromatic N) is 11. The molecule has 0 amide bonds. The quantitative estimate of drug-likeness (QED) is 0.154. The van der Waals surface area contributed by atoms with E-state index in [4.69, 9.17) is 20.0 Å². The summed E-state index contributed by atoms with van der Waals surface area (Å²) >= 11 is 0. The summed E-state index contributed by atoms with van der Waals surface area (Å²) in [5.74, 6) is 2.86. The molecule has 2 N–H and O–H groups in total. The Morgan fingerprint density at radius 2 is 1.14 bits per heavy atom. The molecule has 13 nitrogen and oxygen atoms in total. The van der Waals surface area contributed by atoms with Crippen LogP contribution in [0.4, 0.5) is 34.4 Å². The molecule has 10 rings (SSSR count). The summed E-state index contributed by atoms with van der Waals surface area (Å²) < 4.78 is 0. The van der Waals surface area contributed by atoms with E-state index < -0.39 is 0 Å². The van der Waals surface area contributed by atoms with Crippen molar-refractivity contribution in [2.75, 3.05) is 46.6 Å². The Morgan fingerprint density at radius 3 is 1.75 bits per heavy atom. The van der Waals surface area contributed by atoms with Crippen molar-refractivity contribution in [1.82, 2.24) is 24.8 Å². The van der Waals surface area contributed by atoms with Crippen LogP contribution in [0.2, 0.25) is 0 Å². The van der Waals surface area contributed by atoms with Gasteiger partial charge in [0, 0.05) is 73.5 Å². The van der Waals surface area contributed by atoms with Gasteiger partial charge in [0.15, 0.2) is 5.84 Å².